The first-order valence-electron chi connectivity index (χ1n) is 9.36. The van der Waals surface area contributed by atoms with E-state index in [1.54, 1.807) is 24.3 Å². The van der Waals surface area contributed by atoms with Crippen LogP contribution < -0.4 is 11.0 Å². The first kappa shape index (κ1) is 19.0. The van der Waals surface area contributed by atoms with Crippen molar-refractivity contribution in [1.82, 2.24) is 15.6 Å². The van der Waals surface area contributed by atoms with E-state index >= 15 is 0 Å². The summed E-state index contributed by atoms with van der Waals surface area (Å²) in [6.45, 7) is 0. The summed E-state index contributed by atoms with van der Waals surface area (Å²) < 4.78 is 0. The number of H-pyrrole nitrogens is 1. The van der Waals surface area contributed by atoms with Gasteiger partial charge in [0, 0.05) is 10.9 Å². The van der Waals surface area contributed by atoms with Gasteiger partial charge >= 0.3 is 0 Å². The lowest BCUT2D eigenvalue weighted by Gasteiger charge is -2.05. The summed E-state index contributed by atoms with van der Waals surface area (Å²) in [6.07, 6.45) is 3.76. The van der Waals surface area contributed by atoms with E-state index < -0.39 is 5.91 Å². The van der Waals surface area contributed by atoms with Crippen molar-refractivity contribution < 1.29 is 4.79 Å². The highest BCUT2D eigenvalue weighted by Gasteiger charge is 2.13. The number of aromatic amines is 1. The van der Waals surface area contributed by atoms with Crippen molar-refractivity contribution in [2.75, 3.05) is 0 Å². The molecule has 2 N–H and O–H groups in total. The molecule has 1 amide bonds. The largest absolute Gasteiger partial charge is 0.292 e. The Morgan fingerprint density at radius 2 is 1.50 bits per heavy atom. The van der Waals surface area contributed by atoms with Gasteiger partial charge in [0.15, 0.2) is 5.69 Å². The Kier molecular flexibility index (Phi) is 5.57. The number of allylic oxidation sites excluding steroid dienone is 1. The first-order valence-corrected chi connectivity index (χ1v) is 9.36. The fourth-order valence-electron chi connectivity index (χ4n) is 3.00. The minimum absolute atomic E-state index is 0.105. The van der Waals surface area contributed by atoms with Crippen LogP contribution in [-0.4, -0.2) is 21.8 Å². The highest BCUT2D eigenvalue weighted by Crippen LogP contribution is 2.12. The van der Waals surface area contributed by atoms with Crippen molar-refractivity contribution in [3.05, 3.63) is 118 Å². The van der Waals surface area contributed by atoms with E-state index in [4.69, 9.17) is 0 Å². The molecule has 146 valence electrons. The van der Waals surface area contributed by atoms with Gasteiger partial charge in [0.25, 0.3) is 11.5 Å². The Morgan fingerprint density at radius 3 is 2.23 bits per heavy atom. The average molecular weight is 394 g/mol. The normalized spacial score (nSPS) is 11.7. The van der Waals surface area contributed by atoms with Gasteiger partial charge in [0.1, 0.15) is 0 Å². The van der Waals surface area contributed by atoms with Crippen molar-refractivity contribution in [2.24, 2.45) is 5.10 Å². The molecule has 0 saturated heterocycles. The molecule has 0 bridgehead atoms. The Hall–Kier alpha value is -4.32. The van der Waals surface area contributed by atoms with Crippen LogP contribution in [0.5, 0.6) is 0 Å². The molecule has 1 heterocycles. The molecule has 0 saturated carbocycles. The zero-order valence-electron chi connectivity index (χ0n) is 15.9. The smallest absolute Gasteiger partial charge is 0.267 e. The molecule has 30 heavy (non-hydrogen) atoms. The topological polar surface area (TPSA) is 87.2 Å². The van der Waals surface area contributed by atoms with Crippen LogP contribution in [0, 0.1) is 0 Å². The summed E-state index contributed by atoms with van der Waals surface area (Å²) in [5.41, 5.74) is 4.77. The second kappa shape index (κ2) is 8.79. The standard InChI is InChI=1S/C24H18N4O2/c29-23-20-14-8-7-13-19(20)22(26-27-23)24(30)28-25-21(18-11-5-2-6-12-18)16-15-17-9-3-1-4-10-17/h1-16H,(H,27,29)(H,28,30)/b16-15+,25-21+. The molecular formula is C24H18N4O2. The molecule has 6 heteroatoms. The summed E-state index contributed by atoms with van der Waals surface area (Å²) in [5.74, 6) is -0.510. The molecule has 4 aromatic rings. The summed E-state index contributed by atoms with van der Waals surface area (Å²) in [6, 6.07) is 26.2. The molecule has 3 aromatic carbocycles. The summed E-state index contributed by atoms with van der Waals surface area (Å²) in [5, 5.41) is 11.5. The maximum atomic E-state index is 12.8. The average Bonchev–Trinajstić information content (AvgIpc) is 2.80. The van der Waals surface area contributed by atoms with Gasteiger partial charge < -0.3 is 0 Å². The first-order chi connectivity index (χ1) is 14.7. The van der Waals surface area contributed by atoms with Crippen LogP contribution in [0.3, 0.4) is 0 Å². The Balaban J connectivity index is 1.66. The quantitative estimate of drug-likeness (QED) is 0.399. The summed E-state index contributed by atoms with van der Waals surface area (Å²) >= 11 is 0. The van der Waals surface area contributed by atoms with Crippen LogP contribution >= 0.6 is 0 Å². The number of benzene rings is 3. The molecule has 0 unspecified atom stereocenters. The summed E-state index contributed by atoms with van der Waals surface area (Å²) in [7, 11) is 0. The lowest BCUT2D eigenvalue weighted by atomic mass is 10.1. The number of fused-ring (bicyclic) bond motifs is 1. The zero-order chi connectivity index (χ0) is 20.8. The van der Waals surface area contributed by atoms with E-state index in [0.717, 1.165) is 11.1 Å². The van der Waals surface area contributed by atoms with E-state index in [-0.39, 0.29) is 11.3 Å². The molecule has 6 nitrogen and oxygen atoms in total. The monoisotopic (exact) mass is 394 g/mol. The minimum Gasteiger partial charge on any atom is -0.267 e. The van der Waals surface area contributed by atoms with Gasteiger partial charge in [-0.3, -0.25) is 9.59 Å². The molecule has 0 aliphatic heterocycles. The third kappa shape index (κ3) is 4.23. The molecule has 4 rings (SSSR count). The number of nitrogens with zero attached hydrogens (tertiary/aromatic N) is 2. The van der Waals surface area contributed by atoms with Crippen LogP contribution in [0.15, 0.2) is 101 Å². The Morgan fingerprint density at radius 1 is 0.867 bits per heavy atom. The Bertz CT molecular complexity index is 1290. The number of nitrogens with one attached hydrogen (secondary N) is 2. The molecular weight excluding hydrogens is 376 g/mol. The number of rotatable bonds is 5. The number of hydrogen-bond donors (Lipinski definition) is 2. The van der Waals surface area contributed by atoms with E-state index in [9.17, 15) is 9.59 Å². The number of amides is 1. The van der Waals surface area contributed by atoms with Gasteiger partial charge in [-0.1, -0.05) is 84.9 Å². The van der Waals surface area contributed by atoms with E-state index in [2.05, 4.69) is 20.7 Å². The van der Waals surface area contributed by atoms with Gasteiger partial charge in [0.2, 0.25) is 0 Å². The zero-order valence-corrected chi connectivity index (χ0v) is 15.9. The van der Waals surface area contributed by atoms with Crippen molar-refractivity contribution >= 4 is 28.5 Å². The van der Waals surface area contributed by atoms with Gasteiger partial charge in [-0.15, -0.1) is 0 Å². The molecule has 0 spiro atoms. The molecule has 1 aromatic heterocycles. The third-order valence-corrected chi connectivity index (χ3v) is 4.49. The van der Waals surface area contributed by atoms with Crippen molar-refractivity contribution in [3.8, 4) is 0 Å². The lowest BCUT2D eigenvalue weighted by molar-refractivity contribution is 0.0951. The minimum atomic E-state index is -0.510. The van der Waals surface area contributed by atoms with Crippen molar-refractivity contribution in [3.63, 3.8) is 0 Å². The predicted molar refractivity (Wildman–Crippen MR) is 118 cm³/mol. The van der Waals surface area contributed by atoms with Crippen molar-refractivity contribution in [1.29, 1.82) is 0 Å². The predicted octanol–water partition coefficient (Wildman–Crippen LogP) is 3.77. The van der Waals surface area contributed by atoms with Crippen LogP contribution in [0.2, 0.25) is 0 Å². The Labute approximate surface area is 172 Å². The maximum absolute atomic E-state index is 12.8. The highest BCUT2D eigenvalue weighted by molar-refractivity contribution is 6.12. The second-order valence-electron chi connectivity index (χ2n) is 6.49. The molecule has 0 aliphatic carbocycles. The second-order valence-corrected chi connectivity index (χ2v) is 6.49. The van der Waals surface area contributed by atoms with Crippen LogP contribution in [0.25, 0.3) is 16.8 Å². The molecule has 0 radical (unpaired) electrons. The van der Waals surface area contributed by atoms with Crippen LogP contribution in [0.1, 0.15) is 21.6 Å². The van der Waals surface area contributed by atoms with Gasteiger partial charge in [-0.25, -0.2) is 10.5 Å². The van der Waals surface area contributed by atoms with Crippen molar-refractivity contribution in [2.45, 2.75) is 0 Å². The molecule has 0 aliphatic rings. The SMILES string of the molecule is O=C(N/N=C(\C=C\c1ccccc1)c1ccccc1)c1n[nH]c(=O)c2ccccc12. The number of hydrogen-bond acceptors (Lipinski definition) is 4. The van der Waals surface area contributed by atoms with Gasteiger partial charge in [-0.2, -0.15) is 10.2 Å². The van der Waals surface area contributed by atoms with Crippen LogP contribution in [0.4, 0.5) is 0 Å². The fourth-order valence-corrected chi connectivity index (χ4v) is 3.00. The maximum Gasteiger partial charge on any atom is 0.292 e. The highest BCUT2D eigenvalue weighted by atomic mass is 16.2. The van der Waals surface area contributed by atoms with E-state index in [0.29, 0.717) is 16.5 Å². The van der Waals surface area contributed by atoms with Gasteiger partial charge in [-0.05, 0) is 17.7 Å². The van der Waals surface area contributed by atoms with E-state index in [1.165, 1.54) is 0 Å². The number of hydrazone groups is 1. The third-order valence-electron chi connectivity index (χ3n) is 4.49. The number of carbonyl (C=O) groups is 1. The van der Waals surface area contributed by atoms with E-state index in [1.807, 2.05) is 72.8 Å². The number of carbonyl (C=O) groups excluding carboxylic acids is 1. The fraction of sp³-hybridized carbons (Fsp3) is 0. The van der Waals surface area contributed by atoms with Crippen LogP contribution in [-0.2, 0) is 0 Å². The lowest BCUT2D eigenvalue weighted by Crippen LogP contribution is -2.23. The molecule has 0 atom stereocenters. The molecule has 0 fully saturated rings. The number of aromatic nitrogens is 2. The van der Waals surface area contributed by atoms with Gasteiger partial charge in [0.05, 0.1) is 11.1 Å². The summed E-state index contributed by atoms with van der Waals surface area (Å²) in [4.78, 5) is 24.7.